The van der Waals surface area contributed by atoms with Gasteiger partial charge in [-0.15, -0.1) is 0 Å². The van der Waals surface area contributed by atoms with Crippen LogP contribution in [-0.2, 0) is 0 Å². The zero-order chi connectivity index (χ0) is 10.3. The fourth-order valence-electron chi connectivity index (χ4n) is 0.512. The Morgan fingerprint density at radius 2 is 2.31 bits per heavy atom. The third-order valence-electron chi connectivity index (χ3n) is 0.922. The monoisotopic (exact) mass is 187 g/mol. The van der Waals surface area contributed by atoms with E-state index in [-0.39, 0.29) is 5.96 Å². The number of aliphatic imine (C=N–C) groups is 1. The highest BCUT2D eigenvalue weighted by molar-refractivity contribution is 5.86. The Morgan fingerprint density at radius 1 is 1.69 bits per heavy atom. The average molecular weight is 187 g/mol. The summed E-state index contributed by atoms with van der Waals surface area (Å²) in [5, 5.41) is 14.9. The normalized spacial score (nSPS) is 11.8. The smallest absolute Gasteiger partial charge is 0.296 e. The predicted octanol–water partition coefficient (Wildman–Crippen LogP) is -0.266. The fourth-order valence-corrected chi connectivity index (χ4v) is 0.512. The van der Waals surface area contributed by atoms with Crippen molar-refractivity contribution in [3.8, 4) is 0 Å². The van der Waals surface area contributed by atoms with Gasteiger partial charge in [0.15, 0.2) is 5.03 Å². The Hall–Kier alpha value is -1.66. The van der Waals surface area contributed by atoms with Crippen molar-refractivity contribution in [1.29, 1.82) is 0 Å². The minimum Gasteiger partial charge on any atom is -0.369 e. The van der Waals surface area contributed by atoms with Crippen LogP contribution in [0.2, 0.25) is 0 Å². The second kappa shape index (κ2) is 5.92. The summed E-state index contributed by atoms with van der Waals surface area (Å²) in [6, 6.07) is 0. The Labute approximate surface area is 76.3 Å². The van der Waals surface area contributed by atoms with Crippen molar-refractivity contribution in [3.05, 3.63) is 10.1 Å². The van der Waals surface area contributed by atoms with Gasteiger partial charge in [-0.1, -0.05) is 0 Å². The van der Waals surface area contributed by atoms with Gasteiger partial charge in [0.25, 0.3) is 5.96 Å². The number of nitrogens with one attached hydrogen (secondary N) is 1. The van der Waals surface area contributed by atoms with E-state index < -0.39 is 5.03 Å². The van der Waals surface area contributed by atoms with E-state index in [1.807, 2.05) is 0 Å². The van der Waals surface area contributed by atoms with Gasteiger partial charge >= 0.3 is 0 Å². The molecule has 74 valence electrons. The largest absolute Gasteiger partial charge is 0.369 e. The molecule has 0 saturated carbocycles. The number of nitro groups is 1. The van der Waals surface area contributed by atoms with Crippen LogP contribution in [0.1, 0.15) is 6.92 Å². The maximum atomic E-state index is 10.0. The van der Waals surface area contributed by atoms with Crippen LogP contribution < -0.4 is 5.32 Å². The molecule has 0 bridgehead atoms. The van der Waals surface area contributed by atoms with Gasteiger partial charge in [-0.25, -0.2) is 10.1 Å². The predicted molar refractivity (Wildman–Crippen MR) is 50.3 cm³/mol. The lowest BCUT2D eigenvalue weighted by molar-refractivity contribution is -0.485. The van der Waals surface area contributed by atoms with Crippen LogP contribution in [0.5, 0.6) is 0 Å². The van der Waals surface area contributed by atoms with E-state index in [0.717, 1.165) is 0 Å². The van der Waals surface area contributed by atoms with Crippen LogP contribution in [0.15, 0.2) is 10.1 Å². The molecule has 0 rings (SSSR count). The summed E-state index contributed by atoms with van der Waals surface area (Å²) >= 11 is 0. The number of hydrazone groups is 1. The first kappa shape index (κ1) is 11.3. The lowest BCUT2D eigenvalue weighted by Gasteiger charge is -2.02. The first-order chi connectivity index (χ1) is 6.06. The Bertz CT molecular complexity index is 223. The molecule has 0 aliphatic rings. The standard InChI is InChI=1S/C6H13N5O2/c1-4-7-6(9-11(12)13)8-5-10(2)3/h5H,4H2,1-3H3,(H,7,9). The zero-order valence-corrected chi connectivity index (χ0v) is 7.89. The second-order valence-electron chi connectivity index (χ2n) is 2.40. The number of hydrogen-bond acceptors (Lipinski definition) is 2. The fraction of sp³-hybridized carbons (Fsp3) is 0.667. The molecule has 0 radical (unpaired) electrons. The number of rotatable bonds is 3. The molecule has 0 aliphatic heterocycles. The molecule has 0 unspecified atom stereocenters. The first-order valence-corrected chi connectivity index (χ1v) is 3.73. The van der Waals surface area contributed by atoms with Gasteiger partial charge in [0.05, 0.1) is 6.34 Å². The van der Waals surface area contributed by atoms with Gasteiger partial charge in [-0.2, -0.15) is 4.99 Å². The highest BCUT2D eigenvalue weighted by Gasteiger charge is 1.99. The van der Waals surface area contributed by atoms with Crippen molar-refractivity contribution in [2.45, 2.75) is 6.92 Å². The Balaban J connectivity index is 4.34. The van der Waals surface area contributed by atoms with E-state index >= 15 is 0 Å². The van der Waals surface area contributed by atoms with E-state index in [1.165, 1.54) is 6.34 Å². The topological polar surface area (TPSA) is 83.1 Å². The average Bonchev–Trinajstić information content (AvgIpc) is 1.99. The van der Waals surface area contributed by atoms with Gasteiger partial charge in [-0.05, 0) is 6.92 Å². The molecule has 7 heteroatoms. The zero-order valence-electron chi connectivity index (χ0n) is 7.89. The molecule has 0 aromatic carbocycles. The first-order valence-electron chi connectivity index (χ1n) is 3.73. The Morgan fingerprint density at radius 3 is 2.69 bits per heavy atom. The van der Waals surface area contributed by atoms with Gasteiger partial charge in [0.2, 0.25) is 0 Å². The van der Waals surface area contributed by atoms with E-state index in [4.69, 9.17) is 0 Å². The van der Waals surface area contributed by atoms with E-state index in [2.05, 4.69) is 15.4 Å². The van der Waals surface area contributed by atoms with Crippen molar-refractivity contribution in [1.82, 2.24) is 10.2 Å². The van der Waals surface area contributed by atoms with Crippen molar-refractivity contribution in [2.24, 2.45) is 10.1 Å². The summed E-state index contributed by atoms with van der Waals surface area (Å²) in [7, 11) is 3.53. The lowest BCUT2D eigenvalue weighted by atomic mass is 10.7. The summed E-state index contributed by atoms with van der Waals surface area (Å²) in [5.41, 5.74) is 0. The van der Waals surface area contributed by atoms with Gasteiger partial charge in [0, 0.05) is 20.6 Å². The third kappa shape index (κ3) is 6.73. The Kier molecular flexibility index (Phi) is 5.17. The molecular formula is C6H13N5O2. The molecule has 0 spiro atoms. The van der Waals surface area contributed by atoms with E-state index in [1.54, 1.807) is 25.9 Å². The molecule has 0 saturated heterocycles. The van der Waals surface area contributed by atoms with Crippen LogP contribution in [0.25, 0.3) is 0 Å². The van der Waals surface area contributed by atoms with Crippen LogP contribution in [-0.4, -0.2) is 42.9 Å². The molecule has 0 atom stereocenters. The van der Waals surface area contributed by atoms with Crippen LogP contribution in [0.3, 0.4) is 0 Å². The van der Waals surface area contributed by atoms with Gasteiger partial charge in [0.1, 0.15) is 5.10 Å². The van der Waals surface area contributed by atoms with Gasteiger partial charge in [-0.3, -0.25) is 0 Å². The second-order valence-corrected chi connectivity index (χ2v) is 2.40. The molecule has 0 aromatic heterocycles. The summed E-state index contributed by atoms with van der Waals surface area (Å²) in [6.45, 7) is 2.35. The maximum absolute atomic E-state index is 10.0. The molecular weight excluding hydrogens is 174 g/mol. The molecule has 0 aliphatic carbocycles. The van der Waals surface area contributed by atoms with Crippen LogP contribution >= 0.6 is 0 Å². The van der Waals surface area contributed by atoms with Gasteiger partial charge < -0.3 is 10.2 Å². The highest BCUT2D eigenvalue weighted by atomic mass is 16.7. The third-order valence-corrected chi connectivity index (χ3v) is 0.922. The lowest BCUT2D eigenvalue weighted by Crippen LogP contribution is -2.23. The van der Waals surface area contributed by atoms with Crippen molar-refractivity contribution in [2.75, 3.05) is 20.6 Å². The molecule has 0 aromatic rings. The molecule has 1 N–H and O–H groups in total. The SMILES string of the molecule is CCNC(N=CN(C)C)=N[N+](=O)[O-]. The van der Waals surface area contributed by atoms with Crippen molar-refractivity contribution >= 4 is 12.3 Å². The summed E-state index contributed by atoms with van der Waals surface area (Å²) < 4.78 is 0. The summed E-state index contributed by atoms with van der Waals surface area (Å²) in [6.07, 6.45) is 1.44. The number of nitrogens with zero attached hydrogens (tertiary/aromatic N) is 4. The number of hydrogen-bond donors (Lipinski definition) is 1. The van der Waals surface area contributed by atoms with Crippen molar-refractivity contribution < 1.29 is 5.03 Å². The van der Waals surface area contributed by atoms with Crippen molar-refractivity contribution in [3.63, 3.8) is 0 Å². The molecule has 0 amide bonds. The minimum absolute atomic E-state index is 0.00111. The molecule has 0 heterocycles. The quantitative estimate of drug-likeness (QED) is 0.285. The van der Waals surface area contributed by atoms with Crippen LogP contribution in [0.4, 0.5) is 0 Å². The molecule has 0 fully saturated rings. The maximum Gasteiger partial charge on any atom is 0.296 e. The summed E-state index contributed by atoms with van der Waals surface area (Å²) in [5.74, 6) is 0.00111. The highest BCUT2D eigenvalue weighted by Crippen LogP contribution is 1.79. The molecule has 13 heavy (non-hydrogen) atoms. The van der Waals surface area contributed by atoms with E-state index in [9.17, 15) is 10.1 Å². The number of guanidine groups is 1. The molecule has 7 nitrogen and oxygen atoms in total. The minimum atomic E-state index is -0.787. The van der Waals surface area contributed by atoms with Crippen LogP contribution in [0, 0.1) is 10.1 Å². The van der Waals surface area contributed by atoms with E-state index in [0.29, 0.717) is 6.54 Å². The summed E-state index contributed by atoms with van der Waals surface area (Å²) in [4.78, 5) is 15.4.